The minimum Gasteiger partial charge on any atom is -0.459 e. The van der Waals surface area contributed by atoms with E-state index in [2.05, 4.69) is 27.3 Å². The molecule has 2 amide bonds. The van der Waals surface area contributed by atoms with Gasteiger partial charge >= 0.3 is 0 Å². The molecule has 2 fully saturated rings. The number of carbonyl (C=O) groups excluding carboxylic acids is 2. The van der Waals surface area contributed by atoms with Crippen LogP contribution in [0.2, 0.25) is 0 Å². The van der Waals surface area contributed by atoms with Crippen molar-refractivity contribution in [3.05, 3.63) is 48.0 Å². The zero-order valence-electron chi connectivity index (χ0n) is 17.4. The maximum Gasteiger partial charge on any atom is 0.289 e. The Labute approximate surface area is 177 Å². The molecule has 4 rings (SSSR count). The van der Waals surface area contributed by atoms with Crippen LogP contribution < -0.4 is 10.2 Å². The van der Waals surface area contributed by atoms with Crippen LogP contribution in [0.5, 0.6) is 0 Å². The average molecular weight is 411 g/mol. The van der Waals surface area contributed by atoms with Crippen LogP contribution in [-0.2, 0) is 11.3 Å². The largest absolute Gasteiger partial charge is 0.459 e. The van der Waals surface area contributed by atoms with Gasteiger partial charge in [-0.05, 0) is 49.4 Å². The number of pyridine rings is 1. The number of nitrogens with zero attached hydrogens (tertiary/aromatic N) is 3. The summed E-state index contributed by atoms with van der Waals surface area (Å²) in [5.41, 5.74) is 1.01. The molecule has 30 heavy (non-hydrogen) atoms. The Kier molecular flexibility index (Phi) is 6.67. The average Bonchev–Trinajstić information content (AvgIpc) is 3.20. The molecule has 0 aromatic carbocycles. The smallest absolute Gasteiger partial charge is 0.289 e. The van der Waals surface area contributed by atoms with Crippen molar-refractivity contribution in [1.82, 2.24) is 15.2 Å². The van der Waals surface area contributed by atoms with Crippen molar-refractivity contribution in [2.75, 3.05) is 31.1 Å². The summed E-state index contributed by atoms with van der Waals surface area (Å²) in [4.78, 5) is 33.6. The van der Waals surface area contributed by atoms with Gasteiger partial charge in [0, 0.05) is 44.8 Å². The van der Waals surface area contributed by atoms with Gasteiger partial charge in [0.05, 0.1) is 6.26 Å². The fraction of sp³-hybridized carbons (Fsp3) is 0.522. The molecule has 0 spiro atoms. The lowest BCUT2D eigenvalue weighted by molar-refractivity contribution is -0.126. The summed E-state index contributed by atoms with van der Waals surface area (Å²) in [6, 6.07) is 7.50. The predicted octanol–water partition coefficient (Wildman–Crippen LogP) is 3.22. The molecule has 1 N–H and O–H groups in total. The molecular weight excluding hydrogens is 380 g/mol. The van der Waals surface area contributed by atoms with Crippen molar-refractivity contribution >= 4 is 17.6 Å². The van der Waals surface area contributed by atoms with Crippen molar-refractivity contribution in [1.29, 1.82) is 0 Å². The van der Waals surface area contributed by atoms with E-state index in [0.29, 0.717) is 38.2 Å². The molecule has 2 saturated heterocycles. The Morgan fingerprint density at radius 1 is 1.03 bits per heavy atom. The molecule has 2 aromatic heterocycles. The lowest BCUT2D eigenvalue weighted by Crippen LogP contribution is -2.42. The Morgan fingerprint density at radius 3 is 2.43 bits per heavy atom. The number of carbonyl (C=O) groups is 2. The van der Waals surface area contributed by atoms with E-state index in [1.165, 1.54) is 31.9 Å². The highest BCUT2D eigenvalue weighted by atomic mass is 16.3. The molecule has 7 nitrogen and oxygen atoms in total. The van der Waals surface area contributed by atoms with Crippen LogP contribution in [0, 0.1) is 5.92 Å². The van der Waals surface area contributed by atoms with Gasteiger partial charge in [-0.15, -0.1) is 0 Å². The number of amides is 2. The van der Waals surface area contributed by atoms with Crippen LogP contribution in [0.25, 0.3) is 0 Å². The molecule has 2 aliphatic heterocycles. The summed E-state index contributed by atoms with van der Waals surface area (Å²) in [7, 11) is 0. The maximum atomic E-state index is 12.6. The van der Waals surface area contributed by atoms with Crippen molar-refractivity contribution in [2.45, 2.75) is 45.1 Å². The first kappa shape index (κ1) is 20.4. The molecule has 0 aliphatic carbocycles. The summed E-state index contributed by atoms with van der Waals surface area (Å²) in [6.07, 6.45) is 9.77. The fourth-order valence-corrected chi connectivity index (χ4v) is 4.24. The molecule has 7 heteroatoms. The number of hydrogen-bond acceptors (Lipinski definition) is 5. The van der Waals surface area contributed by atoms with E-state index in [1.807, 2.05) is 6.20 Å². The van der Waals surface area contributed by atoms with Gasteiger partial charge in [-0.25, -0.2) is 4.98 Å². The first-order valence-electron chi connectivity index (χ1n) is 11.0. The van der Waals surface area contributed by atoms with E-state index in [9.17, 15) is 9.59 Å². The molecule has 0 saturated carbocycles. The Morgan fingerprint density at radius 2 is 1.80 bits per heavy atom. The molecule has 2 aliphatic rings. The van der Waals surface area contributed by atoms with E-state index < -0.39 is 0 Å². The second-order valence-corrected chi connectivity index (χ2v) is 8.19. The van der Waals surface area contributed by atoms with E-state index in [0.717, 1.165) is 24.5 Å². The number of aromatic nitrogens is 1. The van der Waals surface area contributed by atoms with Gasteiger partial charge in [-0.3, -0.25) is 9.59 Å². The highest BCUT2D eigenvalue weighted by Gasteiger charge is 2.28. The molecular formula is C23H30N4O3. The molecule has 4 heterocycles. The van der Waals surface area contributed by atoms with Crippen molar-refractivity contribution in [3.63, 3.8) is 0 Å². The summed E-state index contributed by atoms with van der Waals surface area (Å²) in [5, 5.41) is 3.03. The third-order valence-electron chi connectivity index (χ3n) is 6.09. The minimum absolute atomic E-state index is 0.0525. The number of piperidine rings is 1. The first-order chi connectivity index (χ1) is 14.7. The standard InChI is InChI=1S/C23H30N4O3/c28-22(19-9-13-27(14-10-19)23(29)20-6-5-15-30-20)25-17-18-7-8-21(24-16-18)26-11-3-1-2-4-12-26/h5-8,15-16,19H,1-4,9-14,17H2,(H,25,28). The Bertz CT molecular complexity index is 819. The van der Waals surface area contributed by atoms with E-state index in [1.54, 1.807) is 17.0 Å². The Balaban J connectivity index is 1.22. The zero-order valence-corrected chi connectivity index (χ0v) is 17.4. The van der Waals surface area contributed by atoms with E-state index >= 15 is 0 Å². The van der Waals surface area contributed by atoms with Gasteiger partial charge in [-0.1, -0.05) is 18.9 Å². The summed E-state index contributed by atoms with van der Waals surface area (Å²) in [6.45, 7) is 3.78. The van der Waals surface area contributed by atoms with Crippen molar-refractivity contribution in [2.24, 2.45) is 5.92 Å². The van der Waals surface area contributed by atoms with Crippen molar-refractivity contribution < 1.29 is 14.0 Å². The number of furan rings is 1. The zero-order chi connectivity index (χ0) is 20.8. The van der Waals surface area contributed by atoms with Crippen LogP contribution in [0.1, 0.15) is 54.6 Å². The van der Waals surface area contributed by atoms with Crippen LogP contribution in [0.3, 0.4) is 0 Å². The number of hydrogen-bond donors (Lipinski definition) is 1. The van der Waals surface area contributed by atoms with Gasteiger partial charge in [0.25, 0.3) is 5.91 Å². The van der Waals surface area contributed by atoms with Gasteiger partial charge in [0.1, 0.15) is 5.82 Å². The summed E-state index contributed by atoms with van der Waals surface area (Å²) < 4.78 is 5.18. The van der Waals surface area contributed by atoms with Crippen LogP contribution >= 0.6 is 0 Å². The number of rotatable bonds is 5. The van der Waals surface area contributed by atoms with E-state index in [-0.39, 0.29) is 17.7 Å². The second kappa shape index (κ2) is 9.78. The molecule has 0 radical (unpaired) electrons. The fourth-order valence-electron chi connectivity index (χ4n) is 4.24. The third-order valence-corrected chi connectivity index (χ3v) is 6.09. The predicted molar refractivity (Wildman–Crippen MR) is 114 cm³/mol. The first-order valence-corrected chi connectivity index (χ1v) is 11.0. The number of anilines is 1. The van der Waals surface area contributed by atoms with Gasteiger partial charge in [-0.2, -0.15) is 0 Å². The highest BCUT2D eigenvalue weighted by Crippen LogP contribution is 2.20. The van der Waals surface area contributed by atoms with Crippen LogP contribution in [0.15, 0.2) is 41.1 Å². The topological polar surface area (TPSA) is 78.7 Å². The van der Waals surface area contributed by atoms with Gasteiger partial charge in [0.2, 0.25) is 5.91 Å². The molecule has 160 valence electrons. The lowest BCUT2D eigenvalue weighted by atomic mass is 9.95. The van der Waals surface area contributed by atoms with Crippen molar-refractivity contribution in [3.8, 4) is 0 Å². The molecule has 0 atom stereocenters. The van der Waals surface area contributed by atoms with Crippen LogP contribution in [0.4, 0.5) is 5.82 Å². The quantitative estimate of drug-likeness (QED) is 0.819. The molecule has 0 bridgehead atoms. The molecule has 2 aromatic rings. The highest BCUT2D eigenvalue weighted by molar-refractivity contribution is 5.91. The third kappa shape index (κ3) is 5.01. The van der Waals surface area contributed by atoms with Gasteiger partial charge in [0.15, 0.2) is 5.76 Å². The summed E-state index contributed by atoms with van der Waals surface area (Å²) >= 11 is 0. The Hall–Kier alpha value is -2.83. The van der Waals surface area contributed by atoms with Gasteiger partial charge < -0.3 is 19.5 Å². The maximum absolute atomic E-state index is 12.6. The number of likely N-dealkylation sites (tertiary alicyclic amines) is 1. The lowest BCUT2D eigenvalue weighted by Gasteiger charge is -2.30. The SMILES string of the molecule is O=C(NCc1ccc(N2CCCCCC2)nc1)C1CCN(C(=O)c2ccco2)CC1. The minimum atomic E-state index is -0.102. The molecule has 0 unspecified atom stereocenters. The van der Waals surface area contributed by atoms with Crippen LogP contribution in [-0.4, -0.2) is 47.9 Å². The van der Waals surface area contributed by atoms with E-state index in [4.69, 9.17) is 4.42 Å². The summed E-state index contributed by atoms with van der Waals surface area (Å²) in [5.74, 6) is 1.27. The monoisotopic (exact) mass is 410 g/mol. The second-order valence-electron chi connectivity index (χ2n) is 8.19. The number of nitrogens with one attached hydrogen (secondary N) is 1. The normalized spacial score (nSPS) is 18.1.